The molecule has 2 rings (SSSR count). The Balaban J connectivity index is -0.000000362. The van der Waals surface area contributed by atoms with Gasteiger partial charge in [-0.15, -0.1) is 0 Å². The molecule has 2 aliphatic rings. The molecular formula is C18H44N2O4S. The van der Waals surface area contributed by atoms with Crippen molar-refractivity contribution in [2.75, 3.05) is 19.3 Å². The molecule has 0 saturated heterocycles. The Morgan fingerprint density at radius 2 is 1.20 bits per heavy atom. The van der Waals surface area contributed by atoms with Gasteiger partial charge in [-0.2, -0.15) is 0 Å². The van der Waals surface area contributed by atoms with E-state index in [4.69, 9.17) is 5.73 Å². The topological polar surface area (TPSA) is 113 Å². The van der Waals surface area contributed by atoms with Gasteiger partial charge < -0.3 is 15.9 Å². The molecule has 0 spiro atoms. The minimum atomic E-state index is -3.17. The van der Waals surface area contributed by atoms with Crippen LogP contribution in [0.15, 0.2) is 0 Å². The van der Waals surface area contributed by atoms with Gasteiger partial charge in [-0.3, -0.25) is 0 Å². The van der Waals surface area contributed by atoms with E-state index in [2.05, 4.69) is 4.72 Å². The first-order chi connectivity index (χ1) is 10.2. The van der Waals surface area contributed by atoms with Crippen molar-refractivity contribution in [2.24, 2.45) is 5.73 Å². The van der Waals surface area contributed by atoms with E-state index in [1.807, 2.05) is 0 Å². The van der Waals surface area contributed by atoms with Gasteiger partial charge in [0.15, 0.2) is 0 Å². The lowest BCUT2D eigenvalue weighted by molar-refractivity contribution is 0.00945. The fourth-order valence-corrected chi connectivity index (χ4v) is 3.60. The highest BCUT2D eigenvalue weighted by molar-refractivity contribution is 7.88. The molecule has 5 N–H and O–H groups in total. The van der Waals surface area contributed by atoms with Crippen LogP contribution in [-0.4, -0.2) is 49.2 Å². The molecule has 0 bridgehead atoms. The summed E-state index contributed by atoms with van der Waals surface area (Å²) in [4.78, 5) is 0. The lowest BCUT2D eigenvalue weighted by Gasteiger charge is -2.31. The molecule has 0 heterocycles. The van der Waals surface area contributed by atoms with Gasteiger partial charge >= 0.3 is 0 Å². The van der Waals surface area contributed by atoms with Crippen LogP contribution in [0.2, 0.25) is 0 Å². The Hall–Kier alpha value is -0.210. The second-order valence-corrected chi connectivity index (χ2v) is 8.70. The number of sulfonamides is 1. The van der Waals surface area contributed by atoms with Crippen LogP contribution in [0.25, 0.3) is 0 Å². The van der Waals surface area contributed by atoms with Gasteiger partial charge in [0.2, 0.25) is 10.0 Å². The Morgan fingerprint density at radius 3 is 1.48 bits per heavy atom. The van der Waals surface area contributed by atoms with Crippen LogP contribution < -0.4 is 10.5 Å². The number of nitrogens with one attached hydrogen (secondary N) is 1. The lowest BCUT2D eigenvalue weighted by atomic mass is 9.85. The monoisotopic (exact) mass is 384 g/mol. The molecule has 0 radical (unpaired) electrons. The zero-order valence-electron chi connectivity index (χ0n) is 13.7. The average molecular weight is 385 g/mol. The molecular weight excluding hydrogens is 340 g/mol. The van der Waals surface area contributed by atoms with Crippen LogP contribution in [0.3, 0.4) is 0 Å². The summed E-state index contributed by atoms with van der Waals surface area (Å²) < 4.78 is 23.9. The van der Waals surface area contributed by atoms with Crippen LogP contribution in [0, 0.1) is 0 Å². The molecule has 0 aliphatic heterocycles. The largest absolute Gasteiger partial charge is 0.389 e. The van der Waals surface area contributed by atoms with E-state index in [1.165, 1.54) is 6.42 Å². The van der Waals surface area contributed by atoms with Crippen molar-refractivity contribution in [1.29, 1.82) is 0 Å². The zero-order chi connectivity index (χ0) is 16.7. The third-order valence-electron chi connectivity index (χ3n) is 4.61. The van der Waals surface area contributed by atoms with Crippen LogP contribution in [0.5, 0.6) is 0 Å². The molecule has 2 aliphatic carbocycles. The third-order valence-corrected chi connectivity index (χ3v) is 5.28. The summed E-state index contributed by atoms with van der Waals surface area (Å²) >= 11 is 0. The van der Waals surface area contributed by atoms with Gasteiger partial charge in [-0.05, 0) is 25.7 Å². The Bertz CT molecular complexity index is 415. The standard InChI is InChI=1S/C8H17NO3S.C7H15NO.3CH4/c1-13(11,12)9-7-8(10)5-3-2-4-6-8;8-6-7(9)4-2-1-3-5-7;;;/h9-10H,2-7H2,1H3;9H,1-6,8H2;3*1H4. The van der Waals surface area contributed by atoms with E-state index >= 15 is 0 Å². The van der Waals surface area contributed by atoms with Crippen molar-refractivity contribution in [1.82, 2.24) is 4.72 Å². The van der Waals surface area contributed by atoms with Gasteiger partial charge in [0.1, 0.15) is 0 Å². The number of nitrogens with two attached hydrogens (primary N) is 1. The first-order valence-corrected chi connectivity index (χ1v) is 10.2. The molecule has 0 amide bonds. The van der Waals surface area contributed by atoms with Crippen molar-refractivity contribution in [3.63, 3.8) is 0 Å². The third kappa shape index (κ3) is 12.7. The van der Waals surface area contributed by atoms with E-state index in [-0.39, 0.29) is 28.8 Å². The quantitative estimate of drug-likeness (QED) is 0.595. The summed E-state index contributed by atoms with van der Waals surface area (Å²) in [6.07, 6.45) is 11.0. The fourth-order valence-electron chi connectivity index (χ4n) is 3.07. The average Bonchev–Trinajstić information content (AvgIpc) is 2.47. The van der Waals surface area contributed by atoms with Crippen LogP contribution in [-0.2, 0) is 10.0 Å². The van der Waals surface area contributed by atoms with Gasteiger partial charge in [-0.1, -0.05) is 60.8 Å². The zero-order valence-corrected chi connectivity index (χ0v) is 14.5. The van der Waals surface area contributed by atoms with E-state index in [0.717, 1.165) is 51.2 Å². The van der Waals surface area contributed by atoms with Gasteiger partial charge in [0.25, 0.3) is 0 Å². The summed E-state index contributed by atoms with van der Waals surface area (Å²) in [7, 11) is -3.17. The molecule has 25 heavy (non-hydrogen) atoms. The van der Waals surface area contributed by atoms with Crippen molar-refractivity contribution in [2.45, 2.75) is 97.7 Å². The van der Waals surface area contributed by atoms with Gasteiger partial charge in [-0.25, -0.2) is 13.1 Å². The van der Waals surface area contributed by atoms with E-state index < -0.39 is 21.2 Å². The maximum absolute atomic E-state index is 10.8. The van der Waals surface area contributed by atoms with Crippen molar-refractivity contribution in [3.05, 3.63) is 0 Å². The van der Waals surface area contributed by atoms with Gasteiger partial charge in [0.05, 0.1) is 17.5 Å². The molecule has 2 saturated carbocycles. The van der Waals surface area contributed by atoms with Crippen molar-refractivity contribution >= 4 is 10.0 Å². The SMILES string of the molecule is C.C.C.CS(=O)(=O)NCC1(O)CCCCC1.NCC1(O)CCCCC1. The van der Waals surface area contributed by atoms with Crippen molar-refractivity contribution < 1.29 is 18.6 Å². The first kappa shape index (κ1) is 29.5. The van der Waals surface area contributed by atoms with E-state index in [1.54, 1.807) is 0 Å². The van der Waals surface area contributed by atoms with Crippen LogP contribution in [0.1, 0.15) is 86.5 Å². The van der Waals surface area contributed by atoms with Crippen molar-refractivity contribution in [3.8, 4) is 0 Å². The molecule has 156 valence electrons. The second-order valence-electron chi connectivity index (χ2n) is 6.87. The van der Waals surface area contributed by atoms with Crippen LogP contribution in [0.4, 0.5) is 0 Å². The molecule has 6 nitrogen and oxygen atoms in total. The van der Waals surface area contributed by atoms with Gasteiger partial charge in [0, 0.05) is 13.1 Å². The molecule has 2 fully saturated rings. The molecule has 0 unspecified atom stereocenters. The first-order valence-electron chi connectivity index (χ1n) is 8.28. The summed E-state index contributed by atoms with van der Waals surface area (Å²) in [6.45, 7) is 0.596. The Labute approximate surface area is 156 Å². The Kier molecular flexibility index (Phi) is 15.4. The number of aliphatic hydroxyl groups is 2. The normalized spacial score (nSPS) is 21.3. The molecule has 0 aromatic heterocycles. The minimum absolute atomic E-state index is 0. The predicted octanol–water partition coefficient (Wildman–Crippen LogP) is 2.78. The summed E-state index contributed by atoms with van der Waals surface area (Å²) in [5, 5.41) is 19.5. The fraction of sp³-hybridized carbons (Fsp3) is 1.00. The lowest BCUT2D eigenvalue weighted by Crippen LogP contribution is -2.43. The number of hydrogen-bond acceptors (Lipinski definition) is 5. The molecule has 0 atom stereocenters. The summed E-state index contributed by atoms with van der Waals surface area (Å²) in [5.41, 5.74) is 4.08. The molecule has 7 heteroatoms. The van der Waals surface area contributed by atoms with E-state index in [9.17, 15) is 18.6 Å². The maximum Gasteiger partial charge on any atom is 0.208 e. The number of hydrogen-bond donors (Lipinski definition) is 4. The number of rotatable bonds is 4. The summed E-state index contributed by atoms with van der Waals surface area (Å²) in [6, 6.07) is 0. The van der Waals surface area contributed by atoms with Crippen LogP contribution >= 0.6 is 0 Å². The minimum Gasteiger partial charge on any atom is -0.389 e. The Morgan fingerprint density at radius 1 is 0.840 bits per heavy atom. The second kappa shape index (κ2) is 13.0. The van der Waals surface area contributed by atoms with E-state index in [0.29, 0.717) is 19.4 Å². The maximum atomic E-state index is 10.8. The summed E-state index contributed by atoms with van der Waals surface area (Å²) in [5.74, 6) is 0. The molecule has 0 aromatic rings. The smallest absolute Gasteiger partial charge is 0.208 e. The highest BCUT2D eigenvalue weighted by atomic mass is 32.2. The highest BCUT2D eigenvalue weighted by Crippen LogP contribution is 2.27. The molecule has 0 aromatic carbocycles. The highest BCUT2D eigenvalue weighted by Gasteiger charge is 2.29. The predicted molar refractivity (Wildman–Crippen MR) is 108 cm³/mol.